The molecule has 6 heteroatoms. The van der Waals surface area contributed by atoms with Gasteiger partial charge in [-0.3, -0.25) is 0 Å². The summed E-state index contributed by atoms with van der Waals surface area (Å²) in [6, 6.07) is 6.40. The van der Waals surface area contributed by atoms with Gasteiger partial charge in [0.2, 0.25) is 0 Å². The highest BCUT2D eigenvalue weighted by molar-refractivity contribution is 8.00. The third-order valence-corrected chi connectivity index (χ3v) is 4.15. The molecule has 1 aromatic rings. The third-order valence-electron chi connectivity index (χ3n) is 3.41. The van der Waals surface area contributed by atoms with Gasteiger partial charge in [-0.05, 0) is 48.2 Å². The predicted molar refractivity (Wildman–Crippen MR) is 74.5 cm³/mol. The van der Waals surface area contributed by atoms with Crippen LogP contribution in [0.25, 0.3) is 0 Å². The van der Waals surface area contributed by atoms with Gasteiger partial charge in [0.1, 0.15) is 0 Å². The summed E-state index contributed by atoms with van der Waals surface area (Å²) in [6.07, 6.45) is 4.67. The number of hydrogen-bond donors (Lipinski definition) is 1. The second-order valence-electron chi connectivity index (χ2n) is 4.69. The number of rotatable bonds is 3. The summed E-state index contributed by atoms with van der Waals surface area (Å²) in [7, 11) is 0. The molecule has 0 aromatic heterocycles. The van der Waals surface area contributed by atoms with Crippen molar-refractivity contribution >= 4 is 24.2 Å². The molecule has 0 bridgehead atoms. The minimum atomic E-state index is -4.23. The number of alkyl halides is 3. The molecular formula is C13H17ClF3NS. The van der Waals surface area contributed by atoms with Gasteiger partial charge in [0, 0.05) is 10.9 Å². The molecule has 0 spiro atoms. The maximum atomic E-state index is 12.2. The molecule has 0 radical (unpaired) electrons. The van der Waals surface area contributed by atoms with Crippen LogP contribution in [0.15, 0.2) is 29.2 Å². The molecule has 1 nitrogen and oxygen atoms in total. The number of nitrogens with two attached hydrogens (primary N) is 1. The fourth-order valence-electron chi connectivity index (χ4n) is 2.48. The lowest BCUT2D eigenvalue weighted by atomic mass is 9.93. The molecule has 0 saturated heterocycles. The molecule has 1 aliphatic carbocycles. The number of benzene rings is 1. The zero-order valence-electron chi connectivity index (χ0n) is 10.3. The van der Waals surface area contributed by atoms with Gasteiger partial charge in [0.15, 0.2) is 0 Å². The molecular weight excluding hydrogens is 295 g/mol. The summed E-state index contributed by atoms with van der Waals surface area (Å²) >= 11 is -0.0874. The Morgan fingerprint density at radius 1 is 1.11 bits per heavy atom. The summed E-state index contributed by atoms with van der Waals surface area (Å²) in [5.74, 6) is 0.478. The first-order valence-electron chi connectivity index (χ1n) is 6.07. The first-order valence-corrected chi connectivity index (χ1v) is 6.88. The average molecular weight is 312 g/mol. The van der Waals surface area contributed by atoms with E-state index in [1.54, 1.807) is 12.1 Å². The molecule has 2 rings (SSSR count). The number of thioether (sulfide) groups is 1. The van der Waals surface area contributed by atoms with Crippen molar-refractivity contribution in [2.45, 2.75) is 42.1 Å². The maximum absolute atomic E-state index is 12.2. The van der Waals surface area contributed by atoms with Crippen LogP contribution in [0, 0.1) is 5.92 Å². The summed E-state index contributed by atoms with van der Waals surface area (Å²) in [4.78, 5) is 0.213. The Labute approximate surface area is 121 Å². The lowest BCUT2D eigenvalue weighted by Crippen LogP contribution is -2.18. The van der Waals surface area contributed by atoms with Crippen molar-refractivity contribution < 1.29 is 13.2 Å². The third kappa shape index (κ3) is 4.89. The van der Waals surface area contributed by atoms with Crippen LogP contribution in [0.4, 0.5) is 13.2 Å². The van der Waals surface area contributed by atoms with Gasteiger partial charge < -0.3 is 5.73 Å². The topological polar surface area (TPSA) is 26.0 Å². The minimum Gasteiger partial charge on any atom is -0.324 e. The normalized spacial score (nSPS) is 18.1. The fraction of sp³-hybridized carbons (Fsp3) is 0.538. The van der Waals surface area contributed by atoms with Crippen molar-refractivity contribution in [1.82, 2.24) is 0 Å². The summed E-state index contributed by atoms with van der Waals surface area (Å²) in [5.41, 5.74) is 2.86. The Morgan fingerprint density at radius 2 is 1.63 bits per heavy atom. The Balaban J connectivity index is 0.00000180. The fourth-order valence-corrected chi connectivity index (χ4v) is 3.02. The zero-order valence-corrected chi connectivity index (χ0v) is 12.0. The van der Waals surface area contributed by atoms with Crippen LogP contribution in [0.5, 0.6) is 0 Å². The van der Waals surface area contributed by atoms with Crippen LogP contribution < -0.4 is 5.73 Å². The van der Waals surface area contributed by atoms with Crippen LogP contribution in [0.1, 0.15) is 37.3 Å². The predicted octanol–water partition coefficient (Wildman–Crippen LogP) is 4.91. The molecule has 1 saturated carbocycles. The van der Waals surface area contributed by atoms with Gasteiger partial charge in [0.05, 0.1) is 0 Å². The van der Waals surface area contributed by atoms with E-state index in [0.717, 1.165) is 18.4 Å². The second kappa shape index (κ2) is 6.86. The molecule has 0 heterocycles. The van der Waals surface area contributed by atoms with Gasteiger partial charge in [-0.1, -0.05) is 25.0 Å². The number of halogens is 4. The summed E-state index contributed by atoms with van der Waals surface area (Å²) in [5, 5.41) is 0. The van der Waals surface area contributed by atoms with Crippen molar-refractivity contribution in [3.63, 3.8) is 0 Å². The van der Waals surface area contributed by atoms with Crippen molar-refractivity contribution in [2.75, 3.05) is 0 Å². The van der Waals surface area contributed by atoms with Crippen LogP contribution in [0.2, 0.25) is 0 Å². The molecule has 1 fully saturated rings. The van der Waals surface area contributed by atoms with Gasteiger partial charge >= 0.3 is 5.51 Å². The molecule has 1 aliphatic rings. The van der Waals surface area contributed by atoms with Gasteiger partial charge in [-0.25, -0.2) is 0 Å². The van der Waals surface area contributed by atoms with E-state index in [2.05, 4.69) is 0 Å². The molecule has 1 atom stereocenters. The average Bonchev–Trinajstić information content (AvgIpc) is 2.80. The first-order chi connectivity index (χ1) is 8.46. The molecule has 108 valence electrons. The maximum Gasteiger partial charge on any atom is 0.446 e. The monoisotopic (exact) mass is 311 g/mol. The van der Waals surface area contributed by atoms with Crippen LogP contribution in [0.3, 0.4) is 0 Å². The highest BCUT2D eigenvalue weighted by Crippen LogP contribution is 2.38. The highest BCUT2D eigenvalue weighted by Gasteiger charge is 2.29. The lowest BCUT2D eigenvalue weighted by Gasteiger charge is -2.19. The van der Waals surface area contributed by atoms with Crippen LogP contribution in [-0.4, -0.2) is 5.51 Å². The minimum absolute atomic E-state index is 0. The molecule has 19 heavy (non-hydrogen) atoms. The van der Waals surface area contributed by atoms with E-state index in [0.29, 0.717) is 5.92 Å². The van der Waals surface area contributed by atoms with Crippen molar-refractivity contribution in [3.05, 3.63) is 29.8 Å². The van der Waals surface area contributed by atoms with E-state index >= 15 is 0 Å². The summed E-state index contributed by atoms with van der Waals surface area (Å²) < 4.78 is 36.6. The Kier molecular flexibility index (Phi) is 6.02. The molecule has 0 aliphatic heterocycles. The van der Waals surface area contributed by atoms with E-state index in [1.165, 1.54) is 25.0 Å². The Bertz CT molecular complexity index is 388. The van der Waals surface area contributed by atoms with E-state index in [4.69, 9.17) is 5.73 Å². The highest BCUT2D eigenvalue weighted by atomic mass is 35.5. The van der Waals surface area contributed by atoms with Crippen molar-refractivity contribution in [1.29, 1.82) is 0 Å². The van der Waals surface area contributed by atoms with Gasteiger partial charge in [-0.15, -0.1) is 12.4 Å². The standard InChI is InChI=1S/C13H16F3NS.ClH/c14-13(15,16)18-11-7-5-10(6-8-11)12(17)9-3-1-2-4-9;/h5-9,12H,1-4,17H2;1H/t12-;/m0./s1. The second-order valence-corrected chi connectivity index (χ2v) is 5.83. The molecule has 1 aromatic carbocycles. The largest absolute Gasteiger partial charge is 0.446 e. The summed E-state index contributed by atoms with van der Waals surface area (Å²) in [6.45, 7) is 0. The molecule has 0 amide bonds. The van der Waals surface area contributed by atoms with E-state index in [1.807, 2.05) is 0 Å². The molecule has 0 unspecified atom stereocenters. The van der Waals surface area contributed by atoms with Crippen molar-refractivity contribution in [2.24, 2.45) is 11.7 Å². The Hall–Kier alpha value is -0.390. The smallest absolute Gasteiger partial charge is 0.324 e. The first kappa shape index (κ1) is 16.7. The van der Waals surface area contributed by atoms with Crippen molar-refractivity contribution in [3.8, 4) is 0 Å². The SMILES string of the molecule is Cl.N[C@H](c1ccc(SC(F)(F)F)cc1)C1CCCC1. The van der Waals surface area contributed by atoms with E-state index in [9.17, 15) is 13.2 Å². The van der Waals surface area contributed by atoms with Gasteiger partial charge in [0.25, 0.3) is 0 Å². The van der Waals surface area contributed by atoms with E-state index < -0.39 is 5.51 Å². The van der Waals surface area contributed by atoms with E-state index in [-0.39, 0.29) is 35.1 Å². The zero-order chi connectivity index (χ0) is 13.2. The Morgan fingerprint density at radius 3 is 2.11 bits per heavy atom. The quantitative estimate of drug-likeness (QED) is 0.803. The number of hydrogen-bond acceptors (Lipinski definition) is 2. The van der Waals surface area contributed by atoms with Gasteiger partial charge in [-0.2, -0.15) is 13.2 Å². The lowest BCUT2D eigenvalue weighted by molar-refractivity contribution is -0.0328. The van der Waals surface area contributed by atoms with Crippen LogP contribution >= 0.6 is 24.2 Å². The van der Waals surface area contributed by atoms with Crippen LogP contribution in [-0.2, 0) is 0 Å². The molecule has 2 N–H and O–H groups in total.